The Morgan fingerprint density at radius 3 is 2.16 bits per heavy atom. The molecule has 1 aromatic carbocycles. The highest BCUT2D eigenvalue weighted by molar-refractivity contribution is 8.38. The Hall–Kier alpha value is -1.63. The lowest BCUT2D eigenvalue weighted by Gasteiger charge is -2.33. The molecule has 0 fully saturated rings. The minimum atomic E-state index is -1.86. The van der Waals surface area contributed by atoms with Crippen molar-refractivity contribution in [2.45, 2.75) is 6.42 Å². The first kappa shape index (κ1) is 13.8. The van der Waals surface area contributed by atoms with Crippen molar-refractivity contribution in [1.29, 1.82) is 0 Å². The maximum Gasteiger partial charge on any atom is 0.0900 e. The minimum Gasteiger partial charge on any atom is -0.396 e. The van der Waals surface area contributed by atoms with E-state index in [0.717, 1.165) is 17.6 Å². The quantitative estimate of drug-likeness (QED) is 0.546. The average Bonchev–Trinajstić information content (AvgIpc) is 2.60. The minimum absolute atomic E-state index is 0.512. The molecule has 104 valence electrons. The summed E-state index contributed by atoms with van der Waals surface area (Å²) in [5, 5.41) is 7.57. The van der Waals surface area contributed by atoms with Crippen molar-refractivity contribution in [3.63, 3.8) is 0 Å². The molecule has 0 amide bonds. The summed E-state index contributed by atoms with van der Waals surface area (Å²) in [5.41, 5.74) is 26.3. The molecule has 0 spiro atoms. The molecule has 1 aliphatic rings. The van der Waals surface area contributed by atoms with Crippen LogP contribution in [-0.2, 0) is 0 Å². The molecule has 1 unspecified atom stereocenters. The molecule has 0 aromatic heterocycles. The molecule has 0 saturated carbocycles. The predicted molar refractivity (Wildman–Crippen MR) is 83.3 cm³/mol. The van der Waals surface area contributed by atoms with Gasteiger partial charge in [0, 0.05) is 11.3 Å². The fourth-order valence-corrected chi connectivity index (χ4v) is 4.57. The molecule has 5 nitrogen and oxygen atoms in total. The van der Waals surface area contributed by atoms with Crippen LogP contribution in [-0.4, -0.2) is 12.3 Å². The molecule has 19 heavy (non-hydrogen) atoms. The number of allylic oxidation sites excluding steroid dienone is 1. The van der Waals surface area contributed by atoms with Crippen molar-refractivity contribution in [2.24, 2.45) is 28.1 Å². The molecule has 0 saturated heterocycles. The van der Waals surface area contributed by atoms with Gasteiger partial charge in [-0.25, -0.2) is 0 Å². The van der Waals surface area contributed by atoms with Gasteiger partial charge in [-0.3, -0.25) is 5.14 Å². The topological polar surface area (TPSA) is 130 Å². The molecule has 10 N–H and O–H groups in total. The van der Waals surface area contributed by atoms with Crippen LogP contribution in [0.15, 0.2) is 46.1 Å². The second-order valence-electron chi connectivity index (χ2n) is 4.52. The van der Waals surface area contributed by atoms with Gasteiger partial charge in [-0.15, -0.1) is 10.2 Å². The van der Waals surface area contributed by atoms with E-state index in [-0.39, 0.29) is 0 Å². The SMILES string of the molecule is NCCCS1(N)C(N)=C(N)C(c2ccccc2)=C1N. The highest BCUT2D eigenvalue weighted by Crippen LogP contribution is 2.59. The first-order valence-corrected chi connectivity index (χ1v) is 7.98. The standard InChI is InChI=1S/C13H21N5S/c14-7-4-8-19(18)12(16)10(11(15)13(19)17)9-5-2-1-3-6-9/h1-3,5-6H,4,7-8,14-18H2. The van der Waals surface area contributed by atoms with E-state index >= 15 is 0 Å². The van der Waals surface area contributed by atoms with Crippen LogP contribution >= 0.6 is 10.2 Å². The number of nitrogens with two attached hydrogens (primary N) is 5. The fourth-order valence-electron chi connectivity index (χ4n) is 2.19. The van der Waals surface area contributed by atoms with Gasteiger partial charge >= 0.3 is 0 Å². The summed E-state index contributed by atoms with van der Waals surface area (Å²) in [5.74, 6) is 0.679. The van der Waals surface area contributed by atoms with Gasteiger partial charge in [-0.2, -0.15) is 0 Å². The van der Waals surface area contributed by atoms with Gasteiger partial charge in [-0.1, -0.05) is 30.3 Å². The van der Waals surface area contributed by atoms with Crippen molar-refractivity contribution in [3.8, 4) is 0 Å². The Balaban J connectivity index is 2.49. The molecule has 1 aromatic rings. The van der Waals surface area contributed by atoms with E-state index in [1.165, 1.54) is 0 Å². The summed E-state index contributed by atoms with van der Waals surface area (Å²) < 4.78 is 0. The summed E-state index contributed by atoms with van der Waals surface area (Å²) in [4.78, 5) is 0. The van der Waals surface area contributed by atoms with Crippen LogP contribution in [0, 0.1) is 0 Å². The molecule has 0 aliphatic carbocycles. The van der Waals surface area contributed by atoms with E-state index in [0.29, 0.717) is 28.1 Å². The van der Waals surface area contributed by atoms with Crippen LogP contribution in [0.1, 0.15) is 12.0 Å². The largest absolute Gasteiger partial charge is 0.396 e. The van der Waals surface area contributed by atoms with Crippen molar-refractivity contribution in [2.75, 3.05) is 12.3 Å². The summed E-state index contributed by atoms with van der Waals surface area (Å²) in [6.45, 7) is 0.563. The fraction of sp³-hybridized carbons (Fsp3) is 0.231. The zero-order valence-corrected chi connectivity index (χ0v) is 11.6. The molecule has 1 atom stereocenters. The van der Waals surface area contributed by atoms with Gasteiger partial charge in [0.2, 0.25) is 0 Å². The number of hydrogen-bond acceptors (Lipinski definition) is 5. The van der Waals surface area contributed by atoms with Crippen molar-refractivity contribution >= 4 is 15.8 Å². The van der Waals surface area contributed by atoms with E-state index in [9.17, 15) is 0 Å². The van der Waals surface area contributed by atoms with Gasteiger partial charge in [0.15, 0.2) is 0 Å². The average molecular weight is 279 g/mol. The van der Waals surface area contributed by atoms with E-state index in [1.54, 1.807) is 0 Å². The number of rotatable bonds is 4. The molecule has 0 bridgehead atoms. The van der Waals surface area contributed by atoms with Gasteiger partial charge in [0.05, 0.1) is 15.8 Å². The number of hydrogen-bond donors (Lipinski definition) is 5. The predicted octanol–water partition coefficient (Wildman–Crippen LogP) is 0.441. The lowest BCUT2D eigenvalue weighted by atomic mass is 10.0. The van der Waals surface area contributed by atoms with Crippen molar-refractivity contribution in [1.82, 2.24) is 0 Å². The monoisotopic (exact) mass is 279 g/mol. The molecule has 1 aliphatic heterocycles. The zero-order chi connectivity index (χ0) is 14.0. The Kier molecular flexibility index (Phi) is 3.75. The van der Waals surface area contributed by atoms with Crippen LogP contribution < -0.4 is 28.1 Å². The van der Waals surface area contributed by atoms with Crippen LogP contribution in [0.3, 0.4) is 0 Å². The van der Waals surface area contributed by atoms with Crippen LogP contribution in [0.25, 0.3) is 5.57 Å². The summed E-state index contributed by atoms with van der Waals surface area (Å²) in [6.07, 6.45) is 0.780. The lowest BCUT2D eigenvalue weighted by molar-refractivity contribution is 0.938. The molecule has 6 heteroatoms. The molecule has 2 rings (SSSR count). The van der Waals surface area contributed by atoms with Gasteiger partial charge < -0.3 is 22.9 Å². The van der Waals surface area contributed by atoms with E-state index in [4.69, 9.17) is 28.1 Å². The Morgan fingerprint density at radius 2 is 1.58 bits per heavy atom. The Morgan fingerprint density at radius 1 is 0.947 bits per heavy atom. The maximum atomic E-state index is 6.43. The van der Waals surface area contributed by atoms with Crippen LogP contribution in [0.2, 0.25) is 0 Å². The second-order valence-corrected chi connectivity index (χ2v) is 7.40. The molecule has 1 heterocycles. The van der Waals surface area contributed by atoms with Crippen molar-refractivity contribution < 1.29 is 0 Å². The molecule has 0 radical (unpaired) electrons. The molecular formula is C13H21N5S. The molecular weight excluding hydrogens is 258 g/mol. The first-order valence-electron chi connectivity index (χ1n) is 6.12. The van der Waals surface area contributed by atoms with Gasteiger partial charge in [0.1, 0.15) is 0 Å². The first-order chi connectivity index (χ1) is 9.02. The Labute approximate surface area is 114 Å². The van der Waals surface area contributed by atoms with Gasteiger partial charge in [-0.05, 0) is 18.5 Å². The van der Waals surface area contributed by atoms with E-state index in [1.807, 2.05) is 30.3 Å². The highest BCUT2D eigenvalue weighted by Gasteiger charge is 2.36. The smallest absolute Gasteiger partial charge is 0.0900 e. The normalized spacial score (nSPS) is 26.6. The third kappa shape index (κ3) is 2.18. The Bertz CT molecular complexity index is 537. The highest BCUT2D eigenvalue weighted by atomic mass is 32.3. The summed E-state index contributed by atoms with van der Waals surface area (Å²) >= 11 is 0. The third-order valence-corrected chi connectivity index (χ3v) is 6.23. The lowest BCUT2D eigenvalue weighted by Crippen LogP contribution is -2.26. The second kappa shape index (κ2) is 5.16. The summed E-state index contributed by atoms with van der Waals surface area (Å²) in [7, 11) is -1.86. The van der Waals surface area contributed by atoms with Gasteiger partial charge in [0.25, 0.3) is 0 Å². The van der Waals surface area contributed by atoms with Crippen molar-refractivity contribution in [3.05, 3.63) is 51.7 Å². The third-order valence-electron chi connectivity index (χ3n) is 3.30. The van der Waals surface area contributed by atoms with E-state index in [2.05, 4.69) is 0 Å². The van der Waals surface area contributed by atoms with Crippen LogP contribution in [0.5, 0.6) is 0 Å². The van der Waals surface area contributed by atoms with E-state index < -0.39 is 10.2 Å². The zero-order valence-electron chi connectivity index (χ0n) is 10.8. The number of benzene rings is 1. The summed E-state index contributed by atoms with van der Waals surface area (Å²) in [6, 6.07) is 9.72. The van der Waals surface area contributed by atoms with Crippen LogP contribution in [0.4, 0.5) is 0 Å². The maximum absolute atomic E-state index is 6.43.